The van der Waals surface area contributed by atoms with E-state index in [9.17, 15) is 4.79 Å². The predicted molar refractivity (Wildman–Crippen MR) is 84.0 cm³/mol. The molecular weight excluding hydrogens is 310 g/mol. The summed E-state index contributed by atoms with van der Waals surface area (Å²) in [6, 6.07) is 0. The van der Waals surface area contributed by atoms with E-state index in [0.29, 0.717) is 24.2 Å². The molecule has 6 nitrogen and oxygen atoms in total. The quantitative estimate of drug-likeness (QED) is 0.728. The Morgan fingerprint density at radius 2 is 2.24 bits per heavy atom. The largest absolute Gasteiger partial charge is 0.481 e. The van der Waals surface area contributed by atoms with Gasteiger partial charge in [-0.05, 0) is 30.3 Å². The number of hydrogen-bond donors (Lipinski definition) is 1. The van der Waals surface area contributed by atoms with E-state index in [2.05, 4.69) is 10.2 Å². The summed E-state index contributed by atoms with van der Waals surface area (Å²) in [4.78, 5) is 10.7. The molecule has 118 valence electrons. The van der Waals surface area contributed by atoms with Gasteiger partial charge in [0.1, 0.15) is 5.82 Å². The first-order valence-electron chi connectivity index (χ1n) is 7.04. The number of thioether (sulfide) groups is 2. The number of rotatable bonds is 8. The van der Waals surface area contributed by atoms with Crippen LogP contribution in [0.4, 0.5) is 0 Å². The van der Waals surface area contributed by atoms with Crippen molar-refractivity contribution in [3.05, 3.63) is 5.82 Å². The summed E-state index contributed by atoms with van der Waals surface area (Å²) in [5, 5.41) is 17.9. The Bertz CT molecular complexity index is 462. The summed E-state index contributed by atoms with van der Waals surface area (Å²) >= 11 is 3.23. The lowest BCUT2D eigenvalue weighted by Gasteiger charge is -2.21. The van der Waals surface area contributed by atoms with Gasteiger partial charge in [0.25, 0.3) is 0 Å². The van der Waals surface area contributed by atoms with Gasteiger partial charge in [-0.1, -0.05) is 11.8 Å². The number of carboxylic acids is 1. The van der Waals surface area contributed by atoms with Gasteiger partial charge in [0, 0.05) is 20.1 Å². The van der Waals surface area contributed by atoms with Crippen molar-refractivity contribution in [1.29, 1.82) is 0 Å². The zero-order chi connectivity index (χ0) is 15.1. The van der Waals surface area contributed by atoms with Crippen molar-refractivity contribution in [1.82, 2.24) is 14.8 Å². The molecule has 0 spiro atoms. The van der Waals surface area contributed by atoms with Crippen molar-refractivity contribution in [2.75, 3.05) is 31.0 Å². The minimum absolute atomic E-state index is 0.00514. The number of ether oxygens (including phenoxy) is 1. The van der Waals surface area contributed by atoms with Gasteiger partial charge in [-0.2, -0.15) is 11.8 Å². The van der Waals surface area contributed by atoms with Gasteiger partial charge in [0.05, 0.1) is 12.4 Å². The second kappa shape index (κ2) is 8.65. The summed E-state index contributed by atoms with van der Waals surface area (Å²) in [5.74, 6) is 3.22. The fraction of sp³-hybridized carbons (Fsp3) is 0.769. The third-order valence-corrected chi connectivity index (χ3v) is 5.45. The number of nitrogens with zero attached hydrogens (tertiary/aromatic N) is 3. The predicted octanol–water partition coefficient (Wildman–Crippen LogP) is 1.79. The molecule has 0 bridgehead atoms. The highest BCUT2D eigenvalue weighted by Gasteiger charge is 2.20. The molecule has 0 aliphatic carbocycles. The Hall–Kier alpha value is -0.730. The van der Waals surface area contributed by atoms with E-state index in [-0.39, 0.29) is 5.75 Å². The van der Waals surface area contributed by atoms with Crippen LogP contribution < -0.4 is 0 Å². The van der Waals surface area contributed by atoms with Crippen molar-refractivity contribution >= 4 is 29.5 Å². The molecular formula is C13H21N3O3S2. The average molecular weight is 331 g/mol. The van der Waals surface area contributed by atoms with Crippen molar-refractivity contribution in [2.24, 2.45) is 5.92 Å². The molecule has 0 aromatic carbocycles. The fourth-order valence-electron chi connectivity index (χ4n) is 2.32. The van der Waals surface area contributed by atoms with E-state index >= 15 is 0 Å². The average Bonchev–Trinajstić information content (AvgIpc) is 2.86. The van der Waals surface area contributed by atoms with E-state index in [1.54, 1.807) is 7.11 Å². The van der Waals surface area contributed by atoms with Gasteiger partial charge < -0.3 is 14.4 Å². The summed E-state index contributed by atoms with van der Waals surface area (Å²) in [6.45, 7) is 1.24. The smallest absolute Gasteiger partial charge is 0.313 e. The maximum Gasteiger partial charge on any atom is 0.313 e. The molecule has 0 amide bonds. The van der Waals surface area contributed by atoms with Crippen LogP contribution in [0.2, 0.25) is 0 Å². The Kier molecular flexibility index (Phi) is 6.85. The van der Waals surface area contributed by atoms with Crippen LogP contribution in [-0.2, 0) is 22.5 Å². The molecule has 1 aromatic heterocycles. The molecule has 1 aliphatic heterocycles. The van der Waals surface area contributed by atoms with Gasteiger partial charge in [-0.3, -0.25) is 4.79 Å². The molecule has 0 radical (unpaired) electrons. The normalized spacial score (nSPS) is 16.2. The molecule has 0 unspecified atom stereocenters. The Balaban J connectivity index is 2.05. The second-order valence-corrected chi connectivity index (χ2v) is 7.15. The molecule has 1 N–H and O–H groups in total. The van der Waals surface area contributed by atoms with Crippen LogP contribution >= 0.6 is 23.5 Å². The highest BCUT2D eigenvalue weighted by molar-refractivity contribution is 7.99. The number of carboxylic acid groups (broad SMARTS) is 1. The summed E-state index contributed by atoms with van der Waals surface area (Å²) in [6.07, 6.45) is 3.36. The van der Waals surface area contributed by atoms with Crippen LogP contribution in [0.15, 0.2) is 5.16 Å². The molecule has 1 aliphatic rings. The minimum atomic E-state index is -0.841. The van der Waals surface area contributed by atoms with E-state index in [4.69, 9.17) is 9.84 Å². The highest BCUT2D eigenvalue weighted by atomic mass is 32.2. The fourth-order valence-corrected chi connectivity index (χ4v) is 4.23. The van der Waals surface area contributed by atoms with E-state index in [0.717, 1.165) is 12.2 Å². The molecule has 21 heavy (non-hydrogen) atoms. The zero-order valence-corrected chi connectivity index (χ0v) is 13.8. The summed E-state index contributed by atoms with van der Waals surface area (Å²) in [7, 11) is 1.66. The van der Waals surface area contributed by atoms with Crippen molar-refractivity contribution in [3.63, 3.8) is 0 Å². The van der Waals surface area contributed by atoms with Gasteiger partial charge >= 0.3 is 5.97 Å². The Labute approximate surface area is 133 Å². The Morgan fingerprint density at radius 1 is 1.48 bits per heavy atom. The van der Waals surface area contributed by atoms with Gasteiger partial charge in [0.15, 0.2) is 5.16 Å². The molecule has 0 saturated carbocycles. The zero-order valence-electron chi connectivity index (χ0n) is 12.2. The first-order chi connectivity index (χ1) is 10.2. The van der Waals surface area contributed by atoms with Crippen LogP contribution in [0.25, 0.3) is 0 Å². The number of aromatic nitrogens is 3. The second-order valence-electron chi connectivity index (χ2n) is 4.99. The molecule has 2 rings (SSSR count). The summed E-state index contributed by atoms with van der Waals surface area (Å²) in [5.41, 5.74) is 0. The first kappa shape index (κ1) is 16.6. The number of carbonyl (C=O) groups is 1. The molecule has 0 atom stereocenters. The van der Waals surface area contributed by atoms with Gasteiger partial charge in [0.2, 0.25) is 0 Å². The monoisotopic (exact) mass is 331 g/mol. The first-order valence-corrected chi connectivity index (χ1v) is 9.18. The van der Waals surface area contributed by atoms with Crippen molar-refractivity contribution in [3.8, 4) is 0 Å². The maximum atomic E-state index is 10.7. The maximum absolute atomic E-state index is 10.7. The molecule has 1 saturated heterocycles. The van der Waals surface area contributed by atoms with Gasteiger partial charge in [-0.25, -0.2) is 0 Å². The number of hydrogen-bond acceptors (Lipinski definition) is 6. The molecule has 2 heterocycles. The topological polar surface area (TPSA) is 77.2 Å². The van der Waals surface area contributed by atoms with Crippen LogP contribution in [0, 0.1) is 5.92 Å². The lowest BCUT2D eigenvalue weighted by molar-refractivity contribution is -0.133. The van der Waals surface area contributed by atoms with E-state index < -0.39 is 5.97 Å². The molecule has 1 aromatic rings. The van der Waals surface area contributed by atoms with Crippen LogP contribution in [0.1, 0.15) is 18.7 Å². The van der Waals surface area contributed by atoms with E-state index in [1.807, 2.05) is 16.3 Å². The lowest BCUT2D eigenvalue weighted by Crippen LogP contribution is -2.17. The Morgan fingerprint density at radius 3 is 2.90 bits per heavy atom. The van der Waals surface area contributed by atoms with Crippen LogP contribution in [0.5, 0.6) is 0 Å². The summed E-state index contributed by atoms with van der Waals surface area (Å²) < 4.78 is 7.15. The van der Waals surface area contributed by atoms with Crippen LogP contribution in [-0.4, -0.2) is 56.8 Å². The number of aliphatic carboxylic acids is 1. The van der Waals surface area contributed by atoms with Crippen molar-refractivity contribution < 1.29 is 14.6 Å². The van der Waals surface area contributed by atoms with Crippen molar-refractivity contribution in [2.45, 2.75) is 31.0 Å². The third-order valence-electron chi connectivity index (χ3n) is 3.45. The molecule has 1 fully saturated rings. The third kappa shape index (κ3) is 5.19. The minimum Gasteiger partial charge on any atom is -0.481 e. The molecule has 8 heteroatoms. The number of methoxy groups -OCH3 is 1. The van der Waals surface area contributed by atoms with Crippen LogP contribution in [0.3, 0.4) is 0 Å². The lowest BCUT2D eigenvalue weighted by atomic mass is 9.98. The SMILES string of the molecule is COCCn1c(CC2CCSCC2)nnc1SCC(=O)O. The standard InChI is InChI=1S/C13H21N3O3S2/c1-19-5-4-16-11(8-10-2-6-20-7-3-10)14-15-13(16)21-9-12(17)18/h10H,2-9H2,1H3,(H,17,18). The van der Waals surface area contributed by atoms with Gasteiger partial charge in [-0.15, -0.1) is 10.2 Å². The van der Waals surface area contributed by atoms with E-state index in [1.165, 1.54) is 36.1 Å². The highest BCUT2D eigenvalue weighted by Crippen LogP contribution is 2.26.